The molecule has 0 saturated heterocycles. The van der Waals surface area contributed by atoms with E-state index in [1.807, 2.05) is 20.8 Å². The van der Waals surface area contributed by atoms with Crippen molar-refractivity contribution in [3.8, 4) is 0 Å². The minimum atomic E-state index is -0.135. The SMILES string of the molecule is CCOC(=O)CCC(C)OCC. The Morgan fingerprint density at radius 3 is 2.50 bits per heavy atom. The molecular weight excluding hydrogens is 156 g/mol. The fraction of sp³-hybridized carbons (Fsp3) is 0.889. The average molecular weight is 174 g/mol. The number of ether oxygens (including phenoxy) is 2. The average Bonchev–Trinajstić information content (AvgIpc) is 2.02. The highest BCUT2D eigenvalue weighted by molar-refractivity contribution is 5.69. The van der Waals surface area contributed by atoms with Crippen molar-refractivity contribution in [2.45, 2.75) is 39.7 Å². The Labute approximate surface area is 74.0 Å². The zero-order chi connectivity index (χ0) is 9.40. The van der Waals surface area contributed by atoms with E-state index in [1.54, 1.807) is 0 Å². The topological polar surface area (TPSA) is 35.5 Å². The van der Waals surface area contributed by atoms with Crippen LogP contribution >= 0.6 is 0 Å². The van der Waals surface area contributed by atoms with Crippen LogP contribution in [0.25, 0.3) is 0 Å². The van der Waals surface area contributed by atoms with Gasteiger partial charge in [0, 0.05) is 13.0 Å². The van der Waals surface area contributed by atoms with Gasteiger partial charge in [-0.2, -0.15) is 0 Å². The van der Waals surface area contributed by atoms with Crippen LogP contribution in [-0.4, -0.2) is 25.3 Å². The second-order valence-corrected chi connectivity index (χ2v) is 2.61. The lowest BCUT2D eigenvalue weighted by molar-refractivity contribution is -0.143. The summed E-state index contributed by atoms with van der Waals surface area (Å²) in [5, 5.41) is 0. The highest BCUT2D eigenvalue weighted by atomic mass is 16.5. The van der Waals surface area contributed by atoms with Gasteiger partial charge in [0.1, 0.15) is 0 Å². The van der Waals surface area contributed by atoms with Crippen LogP contribution in [0.4, 0.5) is 0 Å². The molecular formula is C9H18O3. The molecule has 0 heterocycles. The molecule has 0 spiro atoms. The van der Waals surface area contributed by atoms with Crippen molar-refractivity contribution in [2.75, 3.05) is 13.2 Å². The molecule has 0 aromatic heterocycles. The van der Waals surface area contributed by atoms with E-state index in [-0.39, 0.29) is 12.1 Å². The molecule has 1 unspecified atom stereocenters. The molecule has 0 saturated carbocycles. The van der Waals surface area contributed by atoms with Gasteiger partial charge in [-0.1, -0.05) is 0 Å². The Kier molecular flexibility index (Phi) is 6.76. The first kappa shape index (κ1) is 11.4. The maximum Gasteiger partial charge on any atom is 0.305 e. The maximum atomic E-state index is 10.9. The number of carbonyl (C=O) groups is 1. The number of hydrogen-bond acceptors (Lipinski definition) is 3. The fourth-order valence-corrected chi connectivity index (χ4v) is 0.922. The van der Waals surface area contributed by atoms with Gasteiger partial charge in [-0.3, -0.25) is 4.79 Å². The van der Waals surface area contributed by atoms with Gasteiger partial charge in [0.15, 0.2) is 0 Å². The zero-order valence-corrected chi connectivity index (χ0v) is 8.13. The van der Waals surface area contributed by atoms with E-state index in [0.29, 0.717) is 19.6 Å². The summed E-state index contributed by atoms with van der Waals surface area (Å²) in [7, 11) is 0. The van der Waals surface area contributed by atoms with Gasteiger partial charge < -0.3 is 9.47 Å². The van der Waals surface area contributed by atoms with Crippen LogP contribution in [0.2, 0.25) is 0 Å². The standard InChI is InChI=1S/C9H18O3/c1-4-11-8(3)6-7-9(10)12-5-2/h8H,4-7H2,1-3H3. The minimum Gasteiger partial charge on any atom is -0.466 e. The monoisotopic (exact) mass is 174 g/mol. The Morgan fingerprint density at radius 2 is 2.00 bits per heavy atom. The number of esters is 1. The largest absolute Gasteiger partial charge is 0.466 e. The van der Waals surface area contributed by atoms with Crippen molar-refractivity contribution < 1.29 is 14.3 Å². The van der Waals surface area contributed by atoms with Crippen LogP contribution in [0, 0.1) is 0 Å². The molecule has 0 radical (unpaired) electrons. The van der Waals surface area contributed by atoms with Gasteiger partial charge in [0.05, 0.1) is 12.7 Å². The molecule has 0 aliphatic rings. The first-order valence-corrected chi connectivity index (χ1v) is 4.47. The molecule has 3 heteroatoms. The summed E-state index contributed by atoms with van der Waals surface area (Å²) >= 11 is 0. The van der Waals surface area contributed by atoms with Crippen molar-refractivity contribution in [3.63, 3.8) is 0 Å². The smallest absolute Gasteiger partial charge is 0.305 e. The third-order valence-electron chi connectivity index (χ3n) is 1.51. The summed E-state index contributed by atoms with van der Waals surface area (Å²) in [5.41, 5.74) is 0. The van der Waals surface area contributed by atoms with Crippen LogP contribution in [0.1, 0.15) is 33.6 Å². The van der Waals surface area contributed by atoms with Crippen molar-refractivity contribution in [1.82, 2.24) is 0 Å². The number of rotatable bonds is 6. The molecule has 0 fully saturated rings. The molecule has 0 aliphatic carbocycles. The van der Waals surface area contributed by atoms with Gasteiger partial charge in [-0.25, -0.2) is 0 Å². The fourth-order valence-electron chi connectivity index (χ4n) is 0.922. The Bertz CT molecular complexity index is 123. The first-order chi connectivity index (χ1) is 5.70. The molecule has 0 bridgehead atoms. The highest BCUT2D eigenvalue weighted by Crippen LogP contribution is 2.02. The second-order valence-electron chi connectivity index (χ2n) is 2.61. The molecule has 0 N–H and O–H groups in total. The number of carbonyl (C=O) groups excluding carboxylic acids is 1. The van der Waals surface area contributed by atoms with Crippen LogP contribution in [0.15, 0.2) is 0 Å². The van der Waals surface area contributed by atoms with Crippen LogP contribution in [-0.2, 0) is 14.3 Å². The van der Waals surface area contributed by atoms with Crippen molar-refractivity contribution >= 4 is 5.97 Å². The van der Waals surface area contributed by atoms with E-state index in [0.717, 1.165) is 6.42 Å². The van der Waals surface area contributed by atoms with Crippen molar-refractivity contribution in [2.24, 2.45) is 0 Å². The Hall–Kier alpha value is -0.570. The normalized spacial score (nSPS) is 12.6. The van der Waals surface area contributed by atoms with Crippen LogP contribution < -0.4 is 0 Å². The second kappa shape index (κ2) is 7.10. The minimum absolute atomic E-state index is 0.135. The number of hydrogen-bond donors (Lipinski definition) is 0. The van der Waals surface area contributed by atoms with Gasteiger partial charge in [0.25, 0.3) is 0 Å². The molecule has 12 heavy (non-hydrogen) atoms. The summed E-state index contributed by atoms with van der Waals surface area (Å²) in [6.45, 7) is 6.87. The van der Waals surface area contributed by atoms with Gasteiger partial charge in [0.2, 0.25) is 0 Å². The molecule has 0 aliphatic heterocycles. The van der Waals surface area contributed by atoms with Crippen molar-refractivity contribution in [1.29, 1.82) is 0 Å². The summed E-state index contributed by atoms with van der Waals surface area (Å²) < 4.78 is 10.0. The highest BCUT2D eigenvalue weighted by Gasteiger charge is 2.06. The summed E-state index contributed by atoms with van der Waals surface area (Å²) in [5.74, 6) is -0.135. The van der Waals surface area contributed by atoms with E-state index in [1.165, 1.54) is 0 Å². The lowest BCUT2D eigenvalue weighted by Gasteiger charge is -2.10. The van der Waals surface area contributed by atoms with Crippen molar-refractivity contribution in [3.05, 3.63) is 0 Å². The van der Waals surface area contributed by atoms with E-state index >= 15 is 0 Å². The Balaban J connectivity index is 3.33. The third-order valence-corrected chi connectivity index (χ3v) is 1.51. The van der Waals surface area contributed by atoms with E-state index < -0.39 is 0 Å². The first-order valence-electron chi connectivity index (χ1n) is 4.47. The molecule has 72 valence electrons. The molecule has 0 aromatic rings. The zero-order valence-electron chi connectivity index (χ0n) is 8.13. The quantitative estimate of drug-likeness (QED) is 0.575. The van der Waals surface area contributed by atoms with E-state index in [2.05, 4.69) is 0 Å². The Morgan fingerprint density at radius 1 is 1.33 bits per heavy atom. The summed E-state index contributed by atoms with van der Waals surface area (Å²) in [6.07, 6.45) is 1.35. The van der Waals surface area contributed by atoms with E-state index in [4.69, 9.17) is 9.47 Å². The maximum absolute atomic E-state index is 10.9. The molecule has 0 rings (SSSR count). The molecule has 0 aromatic carbocycles. The lowest BCUT2D eigenvalue weighted by atomic mass is 10.2. The van der Waals surface area contributed by atoms with Gasteiger partial charge in [-0.15, -0.1) is 0 Å². The lowest BCUT2D eigenvalue weighted by Crippen LogP contribution is -2.12. The molecule has 3 nitrogen and oxygen atoms in total. The molecule has 0 amide bonds. The predicted octanol–water partition coefficient (Wildman–Crippen LogP) is 1.75. The van der Waals surface area contributed by atoms with Crippen LogP contribution in [0.5, 0.6) is 0 Å². The predicted molar refractivity (Wildman–Crippen MR) is 47.0 cm³/mol. The summed E-state index contributed by atoms with van der Waals surface area (Å²) in [6, 6.07) is 0. The molecule has 1 atom stereocenters. The summed E-state index contributed by atoms with van der Waals surface area (Å²) in [4.78, 5) is 10.9. The third kappa shape index (κ3) is 6.16. The van der Waals surface area contributed by atoms with Gasteiger partial charge >= 0.3 is 5.97 Å². The van der Waals surface area contributed by atoms with Gasteiger partial charge in [-0.05, 0) is 27.2 Å². The van der Waals surface area contributed by atoms with Crippen LogP contribution in [0.3, 0.4) is 0 Å². The van der Waals surface area contributed by atoms with E-state index in [9.17, 15) is 4.79 Å².